The molecule has 2 aromatic rings. The van der Waals surface area contributed by atoms with Crippen LogP contribution in [0.15, 0.2) is 36.4 Å². The fourth-order valence-corrected chi connectivity index (χ4v) is 11.7. The van der Waals surface area contributed by atoms with E-state index in [4.69, 9.17) is 24.1 Å². The lowest BCUT2D eigenvalue weighted by Gasteiger charge is -2.32. The van der Waals surface area contributed by atoms with Gasteiger partial charge in [-0.15, -0.1) is 0 Å². The SMILES string of the molecule is CCCCC[C@H](O)CCC1C2Cc3cccc(OCC(=O)OC(C)CC(=O)O)c3C[C@H]2C[C@H]1O.CCCCC[C@H](O)CCC1C2Cc3cccc(OCC(=O)OC(C)CC(C)=O)c3C[C@H]2C[C@H]1O. The van der Waals surface area contributed by atoms with E-state index in [1.54, 1.807) is 13.8 Å². The summed E-state index contributed by atoms with van der Waals surface area (Å²) in [6.07, 6.45) is 14.1. The van der Waals surface area contributed by atoms with Crippen LogP contribution in [0.4, 0.5) is 0 Å². The van der Waals surface area contributed by atoms with E-state index >= 15 is 0 Å². The van der Waals surface area contributed by atoms with E-state index in [9.17, 15) is 39.6 Å². The Morgan fingerprint density at radius 3 is 1.44 bits per heavy atom. The van der Waals surface area contributed by atoms with Crippen molar-refractivity contribution in [2.24, 2.45) is 35.5 Å². The second-order valence-electron chi connectivity index (χ2n) is 20.5. The molecule has 4 aliphatic carbocycles. The maximum Gasteiger partial charge on any atom is 0.344 e. The fraction of sp³-hybridized carbons (Fsp3) is 0.709. The van der Waals surface area contributed by atoms with Crippen molar-refractivity contribution in [3.63, 3.8) is 0 Å². The number of hydrogen-bond donors (Lipinski definition) is 5. The molecule has 4 aliphatic rings. The number of carboxylic acid groups (broad SMARTS) is 1. The molecule has 2 saturated carbocycles. The van der Waals surface area contributed by atoms with Crippen molar-refractivity contribution in [1.29, 1.82) is 0 Å². The van der Waals surface area contributed by atoms with Gasteiger partial charge in [0.2, 0.25) is 0 Å². The molecule has 0 heterocycles. The number of carboxylic acids is 1. The highest BCUT2D eigenvalue weighted by Crippen LogP contribution is 2.50. The summed E-state index contributed by atoms with van der Waals surface area (Å²) >= 11 is 0. The van der Waals surface area contributed by atoms with Crippen LogP contribution in [0, 0.1) is 35.5 Å². The fourth-order valence-electron chi connectivity index (χ4n) is 11.7. The molecule has 380 valence electrons. The number of esters is 2. The van der Waals surface area contributed by atoms with Crippen molar-refractivity contribution in [3.8, 4) is 11.5 Å². The Morgan fingerprint density at radius 2 is 1.04 bits per heavy atom. The van der Waals surface area contributed by atoms with Crippen LogP contribution in [0.1, 0.15) is 160 Å². The van der Waals surface area contributed by atoms with Gasteiger partial charge in [-0.3, -0.25) is 9.59 Å². The van der Waals surface area contributed by atoms with Gasteiger partial charge in [0.1, 0.15) is 29.5 Å². The summed E-state index contributed by atoms with van der Waals surface area (Å²) in [6.45, 7) is 8.60. The van der Waals surface area contributed by atoms with Gasteiger partial charge in [0.15, 0.2) is 13.2 Å². The first-order valence-electron chi connectivity index (χ1n) is 25.9. The Balaban J connectivity index is 0.000000254. The molecule has 2 fully saturated rings. The molecule has 6 unspecified atom stereocenters. The number of aliphatic hydroxyl groups excluding tert-OH is 4. The average molecular weight is 951 g/mol. The quantitative estimate of drug-likeness (QED) is 0.0445. The summed E-state index contributed by atoms with van der Waals surface area (Å²) in [6, 6.07) is 11.8. The van der Waals surface area contributed by atoms with Gasteiger partial charge in [0.05, 0.1) is 30.8 Å². The number of unbranched alkanes of at least 4 members (excludes halogenated alkanes) is 4. The zero-order chi connectivity index (χ0) is 49.3. The molecule has 13 heteroatoms. The normalized spacial score (nSPS) is 25.2. The summed E-state index contributed by atoms with van der Waals surface area (Å²) < 4.78 is 22.0. The van der Waals surface area contributed by atoms with E-state index < -0.39 is 30.1 Å². The molecule has 68 heavy (non-hydrogen) atoms. The zero-order valence-corrected chi connectivity index (χ0v) is 41.5. The van der Waals surface area contributed by atoms with Crippen molar-refractivity contribution < 1.29 is 63.7 Å². The van der Waals surface area contributed by atoms with Gasteiger partial charge in [-0.05, 0) is 168 Å². The largest absolute Gasteiger partial charge is 0.482 e. The van der Waals surface area contributed by atoms with Crippen LogP contribution in [-0.4, -0.2) is 99.1 Å². The van der Waals surface area contributed by atoms with Gasteiger partial charge in [-0.1, -0.05) is 76.6 Å². The number of rotatable bonds is 26. The highest BCUT2D eigenvalue weighted by Gasteiger charge is 2.46. The van der Waals surface area contributed by atoms with Gasteiger partial charge in [-0.2, -0.15) is 0 Å². The first-order valence-corrected chi connectivity index (χ1v) is 25.9. The number of benzene rings is 2. The molecule has 0 aromatic heterocycles. The molecule has 0 spiro atoms. The number of ketones is 1. The Labute approximate surface area is 404 Å². The van der Waals surface area contributed by atoms with Gasteiger partial charge in [-0.25, -0.2) is 9.59 Å². The number of Topliss-reactive ketones (excluding diaryl/α,β-unsaturated/α-hetero) is 1. The van der Waals surface area contributed by atoms with E-state index in [-0.39, 0.29) is 68.1 Å². The number of fused-ring (bicyclic) bond motifs is 4. The first kappa shape index (κ1) is 54.9. The van der Waals surface area contributed by atoms with Crippen LogP contribution in [0.3, 0.4) is 0 Å². The number of carbonyl (C=O) groups is 4. The highest BCUT2D eigenvalue weighted by molar-refractivity contribution is 5.77. The highest BCUT2D eigenvalue weighted by atomic mass is 16.6. The second-order valence-corrected chi connectivity index (χ2v) is 20.5. The number of aliphatic hydroxyl groups is 4. The average Bonchev–Trinajstić information content (AvgIpc) is 3.76. The van der Waals surface area contributed by atoms with Crippen LogP contribution in [0.5, 0.6) is 11.5 Å². The molecule has 6 rings (SSSR count). The molecule has 2 aromatic carbocycles. The van der Waals surface area contributed by atoms with E-state index in [1.165, 1.54) is 18.1 Å². The molecular formula is C55H82O13. The van der Waals surface area contributed by atoms with Crippen LogP contribution < -0.4 is 9.47 Å². The Kier molecular flexibility index (Phi) is 22.1. The third-order valence-electron chi connectivity index (χ3n) is 15.0. The standard InChI is InChI=1S/C28H42O6.C27H40O7/c1-4-5-6-9-22(30)11-12-23-24-14-20-8-7-10-27(25(20)15-21(24)16-26(23)31)33-17-28(32)34-19(3)13-18(2)29;1-3-4-5-8-20(28)10-11-21-22-13-18-7-6-9-25(23(18)14-19(22)15-24(21)29)33-16-27(32)34-17(2)12-26(30)31/h7-8,10,19,21-24,26,30-31H,4-6,9,11-17H2,1-3H3;6-7,9,17,19-22,24,28-29H,3-5,8,10-16H2,1-2H3,(H,30,31)/t19?,21-,22-,23?,24?,26+;17?,19-,20-,21?,22?,24+/m00/s1. The van der Waals surface area contributed by atoms with Crippen LogP contribution >= 0.6 is 0 Å². The second kappa shape index (κ2) is 27.4. The molecule has 0 amide bonds. The molecule has 0 aliphatic heterocycles. The predicted octanol–water partition coefficient (Wildman–Crippen LogP) is 8.31. The van der Waals surface area contributed by atoms with E-state index in [0.29, 0.717) is 35.2 Å². The Bertz CT molecular complexity index is 1780. The third kappa shape index (κ3) is 16.5. The van der Waals surface area contributed by atoms with Crippen molar-refractivity contribution in [3.05, 3.63) is 58.7 Å². The minimum Gasteiger partial charge on any atom is -0.482 e. The van der Waals surface area contributed by atoms with Crippen molar-refractivity contribution >= 4 is 23.7 Å². The maximum atomic E-state index is 12.1. The third-order valence-corrected chi connectivity index (χ3v) is 15.0. The number of carbonyl (C=O) groups excluding carboxylic acids is 3. The topological polar surface area (TPSA) is 206 Å². The summed E-state index contributed by atoms with van der Waals surface area (Å²) in [4.78, 5) is 46.1. The van der Waals surface area contributed by atoms with Gasteiger partial charge < -0.3 is 44.5 Å². The summed E-state index contributed by atoms with van der Waals surface area (Å²) in [5.74, 6) is 1.24. The maximum absolute atomic E-state index is 12.1. The van der Waals surface area contributed by atoms with Crippen LogP contribution in [0.25, 0.3) is 0 Å². The van der Waals surface area contributed by atoms with Crippen molar-refractivity contribution in [1.82, 2.24) is 0 Å². The molecule has 12 atom stereocenters. The smallest absolute Gasteiger partial charge is 0.344 e. The summed E-state index contributed by atoms with van der Waals surface area (Å²) in [7, 11) is 0. The lowest BCUT2D eigenvalue weighted by Crippen LogP contribution is -2.28. The first-order chi connectivity index (χ1) is 32.6. The molecule has 0 saturated heterocycles. The number of hydrogen-bond acceptors (Lipinski definition) is 12. The Hall–Kier alpha value is -4.04. The molecule has 13 nitrogen and oxygen atoms in total. The van der Waals surface area contributed by atoms with E-state index in [1.807, 2.05) is 24.3 Å². The van der Waals surface area contributed by atoms with E-state index in [2.05, 4.69) is 26.0 Å². The lowest BCUT2D eigenvalue weighted by atomic mass is 9.73. The van der Waals surface area contributed by atoms with Crippen LogP contribution in [-0.2, 0) is 54.3 Å². The molecule has 5 N–H and O–H groups in total. The zero-order valence-electron chi connectivity index (χ0n) is 41.5. The molecule has 0 radical (unpaired) electrons. The van der Waals surface area contributed by atoms with Crippen LogP contribution in [0.2, 0.25) is 0 Å². The number of aliphatic carboxylic acids is 1. The molecule has 0 bridgehead atoms. The van der Waals surface area contributed by atoms with E-state index in [0.717, 1.165) is 127 Å². The summed E-state index contributed by atoms with van der Waals surface area (Å²) in [5, 5.41) is 51.1. The van der Waals surface area contributed by atoms with Crippen molar-refractivity contribution in [2.45, 2.75) is 200 Å². The molecular weight excluding hydrogens is 869 g/mol. The summed E-state index contributed by atoms with van der Waals surface area (Å²) in [5.41, 5.74) is 4.62. The van der Waals surface area contributed by atoms with Gasteiger partial charge in [0.25, 0.3) is 0 Å². The monoisotopic (exact) mass is 951 g/mol. The van der Waals surface area contributed by atoms with Crippen molar-refractivity contribution in [2.75, 3.05) is 13.2 Å². The Morgan fingerprint density at radius 1 is 0.618 bits per heavy atom. The van der Waals surface area contributed by atoms with Gasteiger partial charge >= 0.3 is 17.9 Å². The van der Waals surface area contributed by atoms with Gasteiger partial charge in [0, 0.05) is 6.42 Å². The minimum atomic E-state index is -1.02. The lowest BCUT2D eigenvalue weighted by molar-refractivity contribution is -0.154. The number of ether oxygens (including phenoxy) is 4. The predicted molar refractivity (Wildman–Crippen MR) is 258 cm³/mol. The minimum absolute atomic E-state index is 0.0176.